The Balaban J connectivity index is 2.64. The Morgan fingerprint density at radius 1 is 1.11 bits per heavy atom. The summed E-state index contributed by atoms with van der Waals surface area (Å²) in [6.07, 6.45) is -3.76. The standard InChI is InChI=1S/C13H11F3O2/c1-9-4-2-5-10(8-9)12(17,13(14,15)16)11-6-3-7-18-11/h2-8,17H,1H3. The summed E-state index contributed by atoms with van der Waals surface area (Å²) in [6.45, 7) is 1.66. The van der Waals surface area contributed by atoms with Crippen molar-refractivity contribution in [2.75, 3.05) is 0 Å². The first-order valence-corrected chi connectivity index (χ1v) is 5.26. The molecule has 0 amide bonds. The molecule has 5 heteroatoms. The first-order chi connectivity index (χ1) is 8.35. The average molecular weight is 256 g/mol. The fourth-order valence-corrected chi connectivity index (χ4v) is 1.80. The number of furan rings is 1. The number of hydrogen-bond donors (Lipinski definition) is 1. The minimum atomic E-state index is -4.86. The number of aryl methyl sites for hydroxylation is 1. The lowest BCUT2D eigenvalue weighted by Gasteiger charge is -2.29. The highest BCUT2D eigenvalue weighted by Gasteiger charge is 2.58. The van der Waals surface area contributed by atoms with Gasteiger partial charge in [0.05, 0.1) is 6.26 Å². The second-order valence-electron chi connectivity index (χ2n) is 4.05. The molecule has 0 radical (unpaired) electrons. The van der Waals surface area contributed by atoms with E-state index in [9.17, 15) is 18.3 Å². The first kappa shape index (κ1) is 12.7. The van der Waals surface area contributed by atoms with E-state index < -0.39 is 17.5 Å². The Bertz CT molecular complexity index is 531. The largest absolute Gasteiger partial charge is 0.466 e. The Kier molecular flexibility index (Phi) is 2.94. The maximum Gasteiger partial charge on any atom is 0.428 e. The highest BCUT2D eigenvalue weighted by Crippen LogP contribution is 2.44. The Labute approximate surface area is 102 Å². The van der Waals surface area contributed by atoms with Gasteiger partial charge in [-0.25, -0.2) is 0 Å². The minimum absolute atomic E-state index is 0.259. The number of rotatable bonds is 2. The predicted octanol–water partition coefficient (Wildman–Crippen LogP) is 3.39. The van der Waals surface area contributed by atoms with Crippen molar-refractivity contribution < 1.29 is 22.7 Å². The summed E-state index contributed by atoms with van der Waals surface area (Å²) >= 11 is 0. The summed E-state index contributed by atoms with van der Waals surface area (Å²) in [7, 11) is 0. The molecule has 1 aromatic carbocycles. The number of hydrogen-bond acceptors (Lipinski definition) is 2. The zero-order valence-electron chi connectivity index (χ0n) is 9.53. The molecule has 0 saturated heterocycles. The smallest absolute Gasteiger partial charge is 0.428 e. The van der Waals surface area contributed by atoms with Crippen molar-refractivity contribution in [1.82, 2.24) is 0 Å². The molecule has 0 saturated carbocycles. The topological polar surface area (TPSA) is 33.4 Å². The van der Waals surface area contributed by atoms with Crippen molar-refractivity contribution in [3.8, 4) is 0 Å². The van der Waals surface area contributed by atoms with Gasteiger partial charge in [0.15, 0.2) is 0 Å². The summed E-state index contributed by atoms with van der Waals surface area (Å²) in [4.78, 5) is 0. The van der Waals surface area contributed by atoms with Crippen molar-refractivity contribution in [1.29, 1.82) is 0 Å². The van der Waals surface area contributed by atoms with Gasteiger partial charge in [0.1, 0.15) is 5.76 Å². The molecule has 0 aliphatic heterocycles. The molecule has 1 atom stereocenters. The molecular formula is C13H11F3O2. The van der Waals surface area contributed by atoms with Crippen LogP contribution in [0.25, 0.3) is 0 Å². The molecule has 0 fully saturated rings. The highest BCUT2D eigenvalue weighted by atomic mass is 19.4. The van der Waals surface area contributed by atoms with Crippen LogP contribution in [-0.2, 0) is 5.60 Å². The van der Waals surface area contributed by atoms with E-state index >= 15 is 0 Å². The van der Waals surface area contributed by atoms with Crippen molar-refractivity contribution in [2.24, 2.45) is 0 Å². The number of halogens is 3. The van der Waals surface area contributed by atoms with E-state index in [0.717, 1.165) is 12.3 Å². The van der Waals surface area contributed by atoms with Crippen LogP contribution >= 0.6 is 0 Å². The molecule has 1 aromatic heterocycles. The lowest BCUT2D eigenvalue weighted by Crippen LogP contribution is -2.43. The van der Waals surface area contributed by atoms with E-state index in [4.69, 9.17) is 4.42 Å². The van der Waals surface area contributed by atoms with Crippen LogP contribution in [0.5, 0.6) is 0 Å². The van der Waals surface area contributed by atoms with Crippen LogP contribution in [-0.4, -0.2) is 11.3 Å². The van der Waals surface area contributed by atoms with E-state index in [-0.39, 0.29) is 5.56 Å². The van der Waals surface area contributed by atoms with Crippen molar-refractivity contribution in [3.63, 3.8) is 0 Å². The average Bonchev–Trinajstić information content (AvgIpc) is 2.80. The van der Waals surface area contributed by atoms with Crippen LogP contribution in [0, 0.1) is 6.92 Å². The fraction of sp³-hybridized carbons (Fsp3) is 0.231. The second kappa shape index (κ2) is 4.17. The van der Waals surface area contributed by atoms with Crippen molar-refractivity contribution in [3.05, 3.63) is 59.5 Å². The predicted molar refractivity (Wildman–Crippen MR) is 58.9 cm³/mol. The molecule has 0 bridgehead atoms. The van der Waals surface area contributed by atoms with Gasteiger partial charge in [-0.05, 0) is 19.1 Å². The summed E-state index contributed by atoms with van der Waals surface area (Å²) < 4.78 is 44.3. The van der Waals surface area contributed by atoms with Crippen LogP contribution in [0.4, 0.5) is 13.2 Å². The summed E-state index contributed by atoms with van der Waals surface area (Å²) in [5.74, 6) is -0.541. The third kappa shape index (κ3) is 1.90. The molecule has 1 N–H and O–H groups in total. The molecular weight excluding hydrogens is 245 g/mol. The van der Waals surface area contributed by atoms with Crippen LogP contribution in [0.3, 0.4) is 0 Å². The molecule has 2 rings (SSSR count). The van der Waals surface area contributed by atoms with E-state index in [0.29, 0.717) is 5.56 Å². The van der Waals surface area contributed by atoms with Gasteiger partial charge in [0.2, 0.25) is 5.60 Å². The molecule has 1 unspecified atom stereocenters. The molecule has 0 aliphatic rings. The second-order valence-corrected chi connectivity index (χ2v) is 4.05. The van der Waals surface area contributed by atoms with Crippen molar-refractivity contribution >= 4 is 0 Å². The quantitative estimate of drug-likeness (QED) is 0.893. The Morgan fingerprint density at radius 2 is 1.83 bits per heavy atom. The van der Waals surface area contributed by atoms with E-state index in [1.165, 1.54) is 24.3 Å². The first-order valence-electron chi connectivity index (χ1n) is 5.26. The van der Waals surface area contributed by atoms with E-state index in [1.54, 1.807) is 13.0 Å². The molecule has 2 nitrogen and oxygen atoms in total. The van der Waals surface area contributed by atoms with Gasteiger partial charge in [-0.15, -0.1) is 0 Å². The van der Waals surface area contributed by atoms with E-state index in [1.807, 2.05) is 0 Å². The summed E-state index contributed by atoms with van der Waals surface area (Å²) in [6, 6.07) is 8.05. The highest BCUT2D eigenvalue weighted by molar-refractivity contribution is 5.35. The maximum absolute atomic E-state index is 13.2. The molecule has 0 aliphatic carbocycles. The van der Waals surface area contributed by atoms with Crippen LogP contribution in [0.1, 0.15) is 16.9 Å². The fourth-order valence-electron chi connectivity index (χ4n) is 1.80. The molecule has 0 spiro atoms. The van der Waals surface area contributed by atoms with Crippen molar-refractivity contribution in [2.45, 2.75) is 18.7 Å². The molecule has 96 valence electrons. The van der Waals surface area contributed by atoms with Gasteiger partial charge in [-0.1, -0.05) is 29.8 Å². The van der Waals surface area contributed by atoms with Gasteiger partial charge in [0.25, 0.3) is 0 Å². The summed E-state index contributed by atoms with van der Waals surface area (Å²) in [5.41, 5.74) is -2.76. The van der Waals surface area contributed by atoms with Gasteiger partial charge in [-0.2, -0.15) is 13.2 Å². The van der Waals surface area contributed by atoms with Gasteiger partial charge in [-0.3, -0.25) is 0 Å². The van der Waals surface area contributed by atoms with Crippen LogP contribution < -0.4 is 0 Å². The van der Waals surface area contributed by atoms with E-state index in [2.05, 4.69) is 0 Å². The third-order valence-electron chi connectivity index (χ3n) is 2.72. The lowest BCUT2D eigenvalue weighted by molar-refractivity contribution is -0.254. The Morgan fingerprint density at radius 3 is 2.33 bits per heavy atom. The zero-order chi connectivity index (χ0) is 13.4. The van der Waals surface area contributed by atoms with Gasteiger partial charge < -0.3 is 9.52 Å². The number of aliphatic hydroxyl groups is 1. The van der Waals surface area contributed by atoms with Crippen LogP contribution in [0.2, 0.25) is 0 Å². The molecule has 2 aromatic rings. The summed E-state index contributed by atoms with van der Waals surface area (Å²) in [5, 5.41) is 10.1. The third-order valence-corrected chi connectivity index (χ3v) is 2.72. The number of benzene rings is 1. The van der Waals surface area contributed by atoms with Gasteiger partial charge in [0, 0.05) is 5.56 Å². The van der Waals surface area contributed by atoms with Gasteiger partial charge >= 0.3 is 6.18 Å². The monoisotopic (exact) mass is 256 g/mol. The normalized spacial score (nSPS) is 15.4. The lowest BCUT2D eigenvalue weighted by atomic mass is 9.89. The zero-order valence-corrected chi connectivity index (χ0v) is 9.53. The Hall–Kier alpha value is -1.75. The SMILES string of the molecule is Cc1cccc(C(O)(c2ccco2)C(F)(F)F)c1. The maximum atomic E-state index is 13.2. The minimum Gasteiger partial charge on any atom is -0.466 e. The molecule has 18 heavy (non-hydrogen) atoms. The van der Waals surface area contributed by atoms with Crippen LogP contribution in [0.15, 0.2) is 47.1 Å². The number of alkyl halides is 3. The molecule has 1 heterocycles.